The molecule has 1 aromatic heterocycles. The van der Waals surface area contributed by atoms with Crippen molar-refractivity contribution in [2.45, 2.75) is 25.6 Å². The number of fused-ring (bicyclic) bond motifs is 1. The van der Waals surface area contributed by atoms with Crippen molar-refractivity contribution < 1.29 is 4.74 Å². The fraction of sp³-hybridized carbons (Fsp3) is 0.208. The van der Waals surface area contributed by atoms with Gasteiger partial charge in [-0.05, 0) is 29.5 Å². The molecule has 0 bridgehead atoms. The SMILES string of the molecule is COc1ccc(C(C)NC(Cn2ccnc2)c2ccccc2)c2ccccc12. The standard InChI is InChI=1S/C24H25N3O/c1-18(20-12-13-24(28-2)22-11-7-6-10-21(20)22)26-23(16-27-15-14-25-17-27)19-8-4-3-5-9-19/h3-15,17-18,23,26H,16H2,1-2H3. The van der Waals surface area contributed by atoms with Gasteiger partial charge >= 0.3 is 0 Å². The highest BCUT2D eigenvalue weighted by Crippen LogP contribution is 2.32. The molecular formula is C24H25N3O. The van der Waals surface area contributed by atoms with Crippen molar-refractivity contribution in [1.82, 2.24) is 14.9 Å². The molecule has 4 nitrogen and oxygen atoms in total. The second kappa shape index (κ2) is 8.28. The summed E-state index contributed by atoms with van der Waals surface area (Å²) in [4.78, 5) is 4.19. The normalized spacial score (nSPS) is 13.4. The van der Waals surface area contributed by atoms with Gasteiger partial charge in [-0.1, -0.05) is 60.7 Å². The molecule has 28 heavy (non-hydrogen) atoms. The van der Waals surface area contributed by atoms with Crippen LogP contribution in [0.25, 0.3) is 10.8 Å². The van der Waals surface area contributed by atoms with Gasteiger partial charge in [0.1, 0.15) is 5.75 Å². The highest BCUT2D eigenvalue weighted by atomic mass is 16.5. The quantitative estimate of drug-likeness (QED) is 0.489. The van der Waals surface area contributed by atoms with Crippen LogP contribution in [0.15, 0.2) is 85.5 Å². The van der Waals surface area contributed by atoms with E-state index < -0.39 is 0 Å². The lowest BCUT2D eigenvalue weighted by Gasteiger charge is -2.26. The predicted octanol–water partition coefficient (Wildman–Crippen LogP) is 5.14. The van der Waals surface area contributed by atoms with E-state index in [1.54, 1.807) is 7.11 Å². The van der Waals surface area contributed by atoms with Crippen LogP contribution in [0.2, 0.25) is 0 Å². The average molecular weight is 371 g/mol. The third kappa shape index (κ3) is 3.78. The lowest BCUT2D eigenvalue weighted by molar-refractivity contribution is 0.414. The molecule has 3 aromatic carbocycles. The van der Waals surface area contributed by atoms with Crippen LogP contribution in [-0.4, -0.2) is 16.7 Å². The Balaban J connectivity index is 1.66. The molecule has 0 aliphatic rings. The number of nitrogens with zero attached hydrogens (tertiary/aromatic N) is 2. The molecule has 0 aliphatic heterocycles. The Kier molecular flexibility index (Phi) is 5.40. The predicted molar refractivity (Wildman–Crippen MR) is 113 cm³/mol. The summed E-state index contributed by atoms with van der Waals surface area (Å²) in [6.45, 7) is 3.04. The summed E-state index contributed by atoms with van der Waals surface area (Å²) < 4.78 is 7.67. The zero-order valence-electron chi connectivity index (χ0n) is 16.2. The van der Waals surface area contributed by atoms with Gasteiger partial charge in [0.25, 0.3) is 0 Å². The number of aromatic nitrogens is 2. The Morgan fingerprint density at radius 1 is 0.964 bits per heavy atom. The minimum atomic E-state index is 0.171. The number of imidazole rings is 1. The molecule has 0 radical (unpaired) electrons. The van der Waals surface area contributed by atoms with Crippen molar-refractivity contribution in [2.24, 2.45) is 0 Å². The van der Waals surface area contributed by atoms with Gasteiger partial charge in [0.2, 0.25) is 0 Å². The Bertz CT molecular complexity index is 1030. The number of hydrogen-bond acceptors (Lipinski definition) is 3. The summed E-state index contributed by atoms with van der Waals surface area (Å²) in [6, 6.07) is 23.6. The number of ether oxygens (including phenoxy) is 1. The van der Waals surface area contributed by atoms with E-state index >= 15 is 0 Å². The van der Waals surface area contributed by atoms with Gasteiger partial charge in [-0.2, -0.15) is 0 Å². The van der Waals surface area contributed by atoms with E-state index in [9.17, 15) is 0 Å². The van der Waals surface area contributed by atoms with Crippen LogP contribution in [0.5, 0.6) is 5.75 Å². The van der Waals surface area contributed by atoms with Gasteiger partial charge in [0.15, 0.2) is 0 Å². The molecule has 142 valence electrons. The van der Waals surface area contributed by atoms with Crippen molar-refractivity contribution >= 4 is 10.8 Å². The van der Waals surface area contributed by atoms with Gasteiger partial charge in [-0.25, -0.2) is 4.98 Å². The summed E-state index contributed by atoms with van der Waals surface area (Å²) in [6.07, 6.45) is 5.69. The Morgan fingerprint density at radius 3 is 2.43 bits per heavy atom. The Morgan fingerprint density at radius 2 is 1.71 bits per heavy atom. The molecule has 4 rings (SSSR count). The number of nitrogens with one attached hydrogen (secondary N) is 1. The van der Waals surface area contributed by atoms with E-state index in [2.05, 4.69) is 88.5 Å². The van der Waals surface area contributed by atoms with Crippen LogP contribution in [0, 0.1) is 0 Å². The summed E-state index contributed by atoms with van der Waals surface area (Å²) in [5.41, 5.74) is 2.53. The first kappa shape index (κ1) is 18.3. The molecule has 4 heteroatoms. The van der Waals surface area contributed by atoms with Crippen LogP contribution >= 0.6 is 0 Å². The van der Waals surface area contributed by atoms with E-state index in [-0.39, 0.29) is 12.1 Å². The third-order valence-corrected chi connectivity index (χ3v) is 5.21. The number of rotatable bonds is 7. The van der Waals surface area contributed by atoms with Crippen LogP contribution in [0.3, 0.4) is 0 Å². The second-order valence-corrected chi connectivity index (χ2v) is 7.01. The van der Waals surface area contributed by atoms with Crippen LogP contribution in [-0.2, 0) is 6.54 Å². The maximum atomic E-state index is 5.55. The van der Waals surface area contributed by atoms with Gasteiger partial charge in [-0.3, -0.25) is 0 Å². The minimum Gasteiger partial charge on any atom is -0.496 e. The van der Waals surface area contributed by atoms with Crippen LogP contribution in [0.1, 0.15) is 30.1 Å². The van der Waals surface area contributed by atoms with Crippen molar-refractivity contribution in [3.05, 3.63) is 96.6 Å². The molecule has 0 saturated heterocycles. The fourth-order valence-corrected chi connectivity index (χ4v) is 3.79. The molecule has 0 fully saturated rings. The summed E-state index contributed by atoms with van der Waals surface area (Å²) in [5, 5.41) is 6.19. The first-order valence-corrected chi connectivity index (χ1v) is 9.58. The monoisotopic (exact) mass is 371 g/mol. The zero-order valence-corrected chi connectivity index (χ0v) is 16.2. The van der Waals surface area contributed by atoms with Gasteiger partial charge in [0, 0.05) is 30.4 Å². The topological polar surface area (TPSA) is 39.1 Å². The molecule has 2 unspecified atom stereocenters. The molecule has 4 aromatic rings. The number of benzene rings is 3. The van der Waals surface area contributed by atoms with E-state index in [1.165, 1.54) is 16.5 Å². The van der Waals surface area contributed by atoms with Crippen molar-refractivity contribution in [3.8, 4) is 5.75 Å². The highest BCUT2D eigenvalue weighted by molar-refractivity contribution is 5.91. The molecule has 2 atom stereocenters. The van der Waals surface area contributed by atoms with Crippen molar-refractivity contribution in [3.63, 3.8) is 0 Å². The smallest absolute Gasteiger partial charge is 0.126 e. The molecule has 1 N–H and O–H groups in total. The second-order valence-electron chi connectivity index (χ2n) is 7.01. The van der Waals surface area contributed by atoms with E-state index in [1.807, 2.05) is 18.7 Å². The minimum absolute atomic E-state index is 0.171. The maximum absolute atomic E-state index is 5.55. The number of hydrogen-bond donors (Lipinski definition) is 1. The summed E-state index contributed by atoms with van der Waals surface area (Å²) in [7, 11) is 1.72. The largest absolute Gasteiger partial charge is 0.496 e. The average Bonchev–Trinajstić information content (AvgIpc) is 3.26. The maximum Gasteiger partial charge on any atom is 0.126 e. The van der Waals surface area contributed by atoms with Crippen molar-refractivity contribution in [2.75, 3.05) is 7.11 Å². The third-order valence-electron chi connectivity index (χ3n) is 5.21. The molecule has 0 aliphatic carbocycles. The van der Waals surface area contributed by atoms with Gasteiger partial charge in [-0.15, -0.1) is 0 Å². The zero-order chi connectivity index (χ0) is 19.3. The molecule has 0 amide bonds. The highest BCUT2D eigenvalue weighted by Gasteiger charge is 2.18. The van der Waals surface area contributed by atoms with Crippen molar-refractivity contribution in [1.29, 1.82) is 0 Å². The van der Waals surface area contributed by atoms with E-state index in [0.29, 0.717) is 0 Å². The first-order valence-electron chi connectivity index (χ1n) is 9.58. The van der Waals surface area contributed by atoms with E-state index in [4.69, 9.17) is 4.74 Å². The van der Waals surface area contributed by atoms with Gasteiger partial charge < -0.3 is 14.6 Å². The molecule has 0 saturated carbocycles. The molecule has 0 spiro atoms. The Labute approximate surface area is 165 Å². The molecular weight excluding hydrogens is 346 g/mol. The number of methoxy groups -OCH3 is 1. The lowest BCUT2D eigenvalue weighted by atomic mass is 9.97. The molecule has 1 heterocycles. The van der Waals surface area contributed by atoms with Gasteiger partial charge in [0.05, 0.1) is 19.5 Å². The summed E-state index contributed by atoms with van der Waals surface area (Å²) in [5.74, 6) is 0.907. The first-order chi connectivity index (χ1) is 13.8. The fourth-order valence-electron chi connectivity index (χ4n) is 3.79. The van der Waals surface area contributed by atoms with Crippen LogP contribution in [0.4, 0.5) is 0 Å². The van der Waals surface area contributed by atoms with E-state index in [0.717, 1.165) is 17.7 Å². The Hall–Kier alpha value is -3.11. The summed E-state index contributed by atoms with van der Waals surface area (Å²) >= 11 is 0. The van der Waals surface area contributed by atoms with Crippen LogP contribution < -0.4 is 10.1 Å². The lowest BCUT2D eigenvalue weighted by Crippen LogP contribution is -2.28.